The third-order valence-corrected chi connectivity index (χ3v) is 6.65. The van der Waals surface area contributed by atoms with Gasteiger partial charge in [0.1, 0.15) is 0 Å². The summed E-state index contributed by atoms with van der Waals surface area (Å²) in [5, 5.41) is 0. The summed E-state index contributed by atoms with van der Waals surface area (Å²) in [6, 6.07) is 9.67. The van der Waals surface area contributed by atoms with E-state index in [0.29, 0.717) is 31.5 Å². The Morgan fingerprint density at radius 3 is 2.64 bits per heavy atom. The lowest BCUT2D eigenvalue weighted by atomic mass is 9.75. The van der Waals surface area contributed by atoms with E-state index in [1.807, 2.05) is 35.2 Å². The number of carbonyl (C=O) groups is 3. The second-order valence-electron chi connectivity index (χ2n) is 8.38. The van der Waals surface area contributed by atoms with Gasteiger partial charge in [0.25, 0.3) is 0 Å². The highest BCUT2D eigenvalue weighted by molar-refractivity contribution is 6.10. The fraction of sp³-hybridized carbons (Fsp3) is 0.591. The molecule has 1 aromatic rings. The first-order chi connectivity index (χ1) is 13.5. The second-order valence-corrected chi connectivity index (χ2v) is 8.38. The van der Waals surface area contributed by atoms with E-state index in [1.54, 1.807) is 7.11 Å². The van der Waals surface area contributed by atoms with Crippen LogP contribution in [0.4, 0.5) is 0 Å². The van der Waals surface area contributed by atoms with Crippen molar-refractivity contribution in [2.24, 2.45) is 5.92 Å². The first-order valence-corrected chi connectivity index (χ1v) is 10.2. The molecule has 0 aromatic heterocycles. The lowest BCUT2D eigenvalue weighted by molar-refractivity contribution is -0.143. The molecule has 2 saturated heterocycles. The molecule has 6 heteroatoms. The van der Waals surface area contributed by atoms with Crippen LogP contribution in [0.1, 0.15) is 44.1 Å². The van der Waals surface area contributed by atoms with Crippen molar-refractivity contribution in [3.05, 3.63) is 35.9 Å². The summed E-state index contributed by atoms with van der Waals surface area (Å²) < 4.78 is 5.06. The number of nitrogens with zero attached hydrogens (tertiary/aromatic N) is 2. The molecule has 1 saturated carbocycles. The number of amides is 3. The number of benzene rings is 1. The van der Waals surface area contributed by atoms with E-state index >= 15 is 0 Å². The van der Waals surface area contributed by atoms with Gasteiger partial charge >= 0.3 is 0 Å². The molecule has 3 unspecified atom stereocenters. The van der Waals surface area contributed by atoms with Gasteiger partial charge in [-0.05, 0) is 37.2 Å². The van der Waals surface area contributed by atoms with Gasteiger partial charge in [0, 0.05) is 45.7 Å². The maximum absolute atomic E-state index is 13.4. The number of hydrogen-bond acceptors (Lipinski definition) is 4. The number of piperidine rings is 1. The van der Waals surface area contributed by atoms with Crippen LogP contribution in [0, 0.1) is 5.92 Å². The maximum Gasteiger partial charge on any atom is 0.240 e. The predicted molar refractivity (Wildman–Crippen MR) is 103 cm³/mol. The Kier molecular flexibility index (Phi) is 5.23. The van der Waals surface area contributed by atoms with Gasteiger partial charge in [0.05, 0.1) is 5.41 Å². The zero-order valence-corrected chi connectivity index (χ0v) is 16.4. The van der Waals surface area contributed by atoms with Crippen LogP contribution in [0.5, 0.6) is 0 Å². The van der Waals surface area contributed by atoms with Crippen LogP contribution in [-0.4, -0.2) is 60.4 Å². The Morgan fingerprint density at radius 1 is 1.21 bits per heavy atom. The number of fused-ring (bicyclic) bond motifs is 2. The van der Waals surface area contributed by atoms with Crippen molar-refractivity contribution in [3.8, 4) is 0 Å². The van der Waals surface area contributed by atoms with Crippen molar-refractivity contribution in [2.75, 3.05) is 26.8 Å². The fourth-order valence-corrected chi connectivity index (χ4v) is 5.21. The largest absolute Gasteiger partial charge is 0.385 e. The summed E-state index contributed by atoms with van der Waals surface area (Å²) in [6.07, 6.45) is 4.08. The molecule has 1 aliphatic carbocycles. The summed E-state index contributed by atoms with van der Waals surface area (Å²) in [5.41, 5.74) is -0.315. The highest BCUT2D eigenvalue weighted by Gasteiger charge is 2.54. The standard InChI is InChI=1S/C22H28N2O4/c1-28-11-5-10-23-19(25)13-22(21(23)27,17-6-3-2-4-7-17)14-20(26)24-15-16-8-9-18(24)12-16/h2-4,6-7,16,18H,5,8-15H2,1H3. The van der Waals surface area contributed by atoms with Crippen LogP contribution in [0.25, 0.3) is 0 Å². The topological polar surface area (TPSA) is 66.9 Å². The first kappa shape index (κ1) is 19.1. The van der Waals surface area contributed by atoms with Crippen LogP contribution in [0.3, 0.4) is 0 Å². The Balaban J connectivity index is 1.60. The average molecular weight is 384 g/mol. The molecular formula is C22H28N2O4. The van der Waals surface area contributed by atoms with Gasteiger partial charge in [0.2, 0.25) is 17.7 Å². The minimum Gasteiger partial charge on any atom is -0.385 e. The Morgan fingerprint density at radius 2 is 2.00 bits per heavy atom. The monoisotopic (exact) mass is 384 g/mol. The molecule has 2 heterocycles. The van der Waals surface area contributed by atoms with Gasteiger partial charge in [-0.2, -0.15) is 0 Å². The number of hydrogen-bond donors (Lipinski definition) is 0. The van der Waals surface area contributed by atoms with Crippen LogP contribution in [-0.2, 0) is 24.5 Å². The number of imide groups is 1. The van der Waals surface area contributed by atoms with Gasteiger partial charge in [-0.15, -0.1) is 0 Å². The van der Waals surface area contributed by atoms with Gasteiger partial charge in [-0.25, -0.2) is 0 Å². The highest BCUT2D eigenvalue weighted by Crippen LogP contribution is 2.43. The molecule has 1 aromatic carbocycles. The van der Waals surface area contributed by atoms with Crippen molar-refractivity contribution in [1.82, 2.24) is 9.80 Å². The molecule has 0 radical (unpaired) electrons. The molecule has 6 nitrogen and oxygen atoms in total. The van der Waals surface area contributed by atoms with E-state index in [0.717, 1.165) is 24.9 Å². The lowest BCUT2D eigenvalue weighted by Crippen LogP contribution is -2.45. The molecule has 4 rings (SSSR count). The molecule has 0 N–H and O–H groups in total. The van der Waals surface area contributed by atoms with Crippen LogP contribution in [0.15, 0.2) is 30.3 Å². The van der Waals surface area contributed by atoms with E-state index < -0.39 is 5.41 Å². The number of rotatable bonds is 7. The second kappa shape index (κ2) is 7.66. The van der Waals surface area contributed by atoms with Crippen LogP contribution < -0.4 is 0 Å². The average Bonchev–Trinajstić information content (AvgIpc) is 3.39. The van der Waals surface area contributed by atoms with Crippen molar-refractivity contribution in [2.45, 2.75) is 50.0 Å². The minimum absolute atomic E-state index is 0.0101. The fourth-order valence-electron chi connectivity index (χ4n) is 5.21. The molecule has 2 aliphatic heterocycles. The van der Waals surface area contributed by atoms with Crippen molar-refractivity contribution in [1.29, 1.82) is 0 Å². The van der Waals surface area contributed by atoms with Gasteiger partial charge in [0.15, 0.2) is 0 Å². The third-order valence-electron chi connectivity index (χ3n) is 6.65. The number of carbonyl (C=O) groups excluding carboxylic acids is 3. The number of likely N-dealkylation sites (tertiary alicyclic amines) is 2. The minimum atomic E-state index is -1.08. The third kappa shape index (κ3) is 3.24. The summed E-state index contributed by atoms with van der Waals surface area (Å²) in [5.74, 6) is 0.183. The van der Waals surface area contributed by atoms with Gasteiger partial charge in [-0.3, -0.25) is 19.3 Å². The summed E-state index contributed by atoms with van der Waals surface area (Å²) in [4.78, 5) is 42.7. The lowest BCUT2D eigenvalue weighted by Gasteiger charge is -2.32. The van der Waals surface area contributed by atoms with E-state index in [9.17, 15) is 14.4 Å². The molecular weight excluding hydrogens is 356 g/mol. The van der Waals surface area contributed by atoms with Gasteiger partial charge < -0.3 is 9.64 Å². The van der Waals surface area contributed by atoms with Crippen LogP contribution in [0.2, 0.25) is 0 Å². The zero-order chi connectivity index (χ0) is 19.7. The maximum atomic E-state index is 13.4. The van der Waals surface area contributed by atoms with Crippen LogP contribution >= 0.6 is 0 Å². The molecule has 0 spiro atoms. The Labute approximate surface area is 165 Å². The normalized spacial score (nSPS) is 29.2. The molecule has 28 heavy (non-hydrogen) atoms. The Hall–Kier alpha value is -2.21. The van der Waals surface area contributed by atoms with E-state index in [2.05, 4.69) is 0 Å². The molecule has 3 atom stereocenters. The quantitative estimate of drug-likeness (QED) is 0.534. The first-order valence-electron chi connectivity index (χ1n) is 10.2. The van der Waals surface area contributed by atoms with Gasteiger partial charge in [-0.1, -0.05) is 30.3 Å². The SMILES string of the molecule is COCCCN1C(=O)CC(CC(=O)N2CC3CCC2C3)(c2ccccc2)C1=O. The van der Waals surface area contributed by atoms with Crippen molar-refractivity contribution >= 4 is 17.7 Å². The number of ether oxygens (including phenoxy) is 1. The summed E-state index contributed by atoms with van der Waals surface area (Å²) in [7, 11) is 1.60. The highest BCUT2D eigenvalue weighted by atomic mass is 16.5. The molecule has 3 fully saturated rings. The summed E-state index contributed by atoms with van der Waals surface area (Å²) in [6.45, 7) is 1.63. The smallest absolute Gasteiger partial charge is 0.240 e. The summed E-state index contributed by atoms with van der Waals surface area (Å²) >= 11 is 0. The van der Waals surface area contributed by atoms with E-state index in [-0.39, 0.29) is 30.6 Å². The molecule has 3 aliphatic rings. The zero-order valence-electron chi connectivity index (χ0n) is 16.4. The number of methoxy groups -OCH3 is 1. The van der Waals surface area contributed by atoms with Crippen molar-refractivity contribution < 1.29 is 19.1 Å². The van der Waals surface area contributed by atoms with E-state index in [4.69, 9.17) is 4.74 Å². The molecule has 3 amide bonds. The molecule has 2 bridgehead atoms. The van der Waals surface area contributed by atoms with E-state index in [1.165, 1.54) is 11.3 Å². The van der Waals surface area contributed by atoms with Crippen molar-refractivity contribution in [3.63, 3.8) is 0 Å². The Bertz CT molecular complexity index is 765. The predicted octanol–water partition coefficient (Wildman–Crippen LogP) is 2.12. The molecule has 150 valence electrons.